The highest BCUT2D eigenvalue weighted by atomic mass is 35.5. The first-order valence-corrected chi connectivity index (χ1v) is 8.69. The fraction of sp³-hybridized carbons (Fsp3) is 0.133. The molecule has 0 aliphatic heterocycles. The van der Waals surface area contributed by atoms with E-state index in [4.69, 9.17) is 16.1 Å². The van der Waals surface area contributed by atoms with Gasteiger partial charge in [0, 0.05) is 24.2 Å². The summed E-state index contributed by atoms with van der Waals surface area (Å²) in [5.74, 6) is -0.0909. The van der Waals surface area contributed by atoms with Gasteiger partial charge in [0.25, 0.3) is 5.89 Å². The Morgan fingerprint density at radius 1 is 1.24 bits per heavy atom. The van der Waals surface area contributed by atoms with Crippen molar-refractivity contribution in [3.63, 3.8) is 0 Å². The van der Waals surface area contributed by atoms with Crippen molar-refractivity contribution in [2.75, 3.05) is 6.26 Å². The lowest BCUT2D eigenvalue weighted by atomic mass is 10.1. The largest absolute Gasteiger partial charge is 0.416 e. The predicted molar refractivity (Wildman–Crippen MR) is 85.3 cm³/mol. The Balaban J connectivity index is 2.07. The van der Waals surface area contributed by atoms with E-state index in [0.717, 1.165) is 12.1 Å². The summed E-state index contributed by atoms with van der Waals surface area (Å²) in [6.07, 6.45) is -0.366. The Morgan fingerprint density at radius 2 is 2.00 bits per heavy atom. The molecule has 3 aromatic rings. The van der Waals surface area contributed by atoms with E-state index in [9.17, 15) is 17.4 Å². The molecule has 1 unspecified atom stereocenters. The second-order valence-corrected chi connectivity index (χ2v) is 6.71. The van der Waals surface area contributed by atoms with Gasteiger partial charge in [-0.25, -0.2) is 0 Å². The topological polar surface area (TPSA) is 68.9 Å². The van der Waals surface area contributed by atoms with E-state index in [0.29, 0.717) is 4.90 Å². The first-order valence-electron chi connectivity index (χ1n) is 6.76. The number of alkyl halides is 3. The molecular formula is C15H9ClF3N3O2S. The molecule has 3 rings (SSSR count). The summed E-state index contributed by atoms with van der Waals surface area (Å²) in [7, 11) is -1.42. The van der Waals surface area contributed by atoms with Crippen molar-refractivity contribution in [1.29, 1.82) is 0 Å². The number of pyridine rings is 1. The number of hydrogen-bond donors (Lipinski definition) is 0. The van der Waals surface area contributed by atoms with E-state index in [1.165, 1.54) is 30.8 Å². The molecule has 5 nitrogen and oxygen atoms in total. The van der Waals surface area contributed by atoms with Crippen LogP contribution in [-0.2, 0) is 17.0 Å². The molecule has 2 aromatic heterocycles. The first-order chi connectivity index (χ1) is 11.8. The summed E-state index contributed by atoms with van der Waals surface area (Å²) in [5.41, 5.74) is -0.459. The van der Waals surface area contributed by atoms with Crippen LogP contribution < -0.4 is 0 Å². The molecule has 0 aliphatic rings. The zero-order valence-corrected chi connectivity index (χ0v) is 14.1. The van der Waals surface area contributed by atoms with Crippen LogP contribution in [0, 0.1) is 0 Å². The van der Waals surface area contributed by atoms with Gasteiger partial charge in [-0.05, 0) is 18.2 Å². The molecule has 0 fully saturated rings. The summed E-state index contributed by atoms with van der Waals surface area (Å²) < 4.78 is 55.4. The third-order valence-electron chi connectivity index (χ3n) is 3.26. The average molecular weight is 388 g/mol. The minimum atomic E-state index is -4.49. The number of aromatic nitrogens is 3. The molecule has 0 saturated heterocycles. The van der Waals surface area contributed by atoms with Gasteiger partial charge < -0.3 is 4.52 Å². The van der Waals surface area contributed by atoms with Crippen LogP contribution in [-0.4, -0.2) is 25.6 Å². The van der Waals surface area contributed by atoms with Crippen molar-refractivity contribution < 1.29 is 21.9 Å². The van der Waals surface area contributed by atoms with Crippen molar-refractivity contribution >= 4 is 22.4 Å². The molecule has 25 heavy (non-hydrogen) atoms. The monoisotopic (exact) mass is 387 g/mol. The highest BCUT2D eigenvalue weighted by molar-refractivity contribution is 7.84. The van der Waals surface area contributed by atoms with Gasteiger partial charge in [-0.2, -0.15) is 18.2 Å². The van der Waals surface area contributed by atoms with Crippen molar-refractivity contribution in [2.24, 2.45) is 0 Å². The lowest BCUT2D eigenvalue weighted by Gasteiger charge is -2.06. The maximum absolute atomic E-state index is 12.8. The molecule has 0 aliphatic carbocycles. The second kappa shape index (κ2) is 6.57. The van der Waals surface area contributed by atoms with E-state index in [-0.39, 0.29) is 27.9 Å². The number of rotatable bonds is 3. The molecule has 0 spiro atoms. The molecule has 1 atom stereocenters. The molecule has 0 amide bonds. The number of nitrogens with zero attached hydrogens (tertiary/aromatic N) is 3. The van der Waals surface area contributed by atoms with Gasteiger partial charge in [0.2, 0.25) is 5.82 Å². The van der Waals surface area contributed by atoms with Crippen LogP contribution in [0.3, 0.4) is 0 Å². The summed E-state index contributed by atoms with van der Waals surface area (Å²) in [6, 6.07) is 4.51. The predicted octanol–water partition coefficient (Wildman–Crippen LogP) is 4.21. The molecule has 0 N–H and O–H groups in total. The summed E-state index contributed by atoms with van der Waals surface area (Å²) >= 11 is 6.08. The van der Waals surface area contributed by atoms with Crippen molar-refractivity contribution in [3.05, 3.63) is 47.2 Å². The molecule has 130 valence electrons. The molecule has 0 saturated carbocycles. The third-order valence-corrected chi connectivity index (χ3v) is 4.48. The molecule has 0 radical (unpaired) electrons. The van der Waals surface area contributed by atoms with Crippen LogP contribution in [0.1, 0.15) is 5.56 Å². The van der Waals surface area contributed by atoms with Gasteiger partial charge in [0.15, 0.2) is 0 Å². The molecule has 0 bridgehead atoms. The van der Waals surface area contributed by atoms with Gasteiger partial charge in [-0.15, -0.1) is 0 Å². The Bertz CT molecular complexity index is 959. The number of hydrogen-bond acceptors (Lipinski definition) is 5. The van der Waals surface area contributed by atoms with Crippen LogP contribution >= 0.6 is 11.6 Å². The van der Waals surface area contributed by atoms with Gasteiger partial charge in [0.1, 0.15) is 0 Å². The fourth-order valence-corrected chi connectivity index (χ4v) is 3.12. The summed E-state index contributed by atoms with van der Waals surface area (Å²) in [6.45, 7) is 0. The van der Waals surface area contributed by atoms with E-state index in [1.807, 2.05) is 0 Å². The standard InChI is InChI=1S/C15H9ClF3N3O2S/c1-25(23)11-7-20-6-10(16)12(11)13-21-14(24-22-13)8-3-2-4-9(5-8)15(17,18)19/h2-7H,1H3. The van der Waals surface area contributed by atoms with Crippen molar-refractivity contribution in [1.82, 2.24) is 15.1 Å². The second-order valence-electron chi connectivity index (χ2n) is 4.95. The van der Waals surface area contributed by atoms with Crippen molar-refractivity contribution in [2.45, 2.75) is 11.1 Å². The van der Waals surface area contributed by atoms with Crippen LogP contribution in [0.5, 0.6) is 0 Å². The zero-order chi connectivity index (χ0) is 18.2. The SMILES string of the molecule is CS(=O)c1cncc(Cl)c1-c1noc(-c2cccc(C(F)(F)F)c2)n1. The lowest BCUT2D eigenvalue weighted by molar-refractivity contribution is -0.137. The summed E-state index contributed by atoms with van der Waals surface area (Å²) in [5, 5.41) is 3.90. The molecule has 1 aromatic carbocycles. The smallest absolute Gasteiger partial charge is 0.334 e. The Kier molecular flexibility index (Phi) is 4.61. The van der Waals surface area contributed by atoms with Crippen LogP contribution in [0.2, 0.25) is 5.02 Å². The van der Waals surface area contributed by atoms with Gasteiger partial charge >= 0.3 is 6.18 Å². The fourth-order valence-electron chi connectivity index (χ4n) is 2.12. The van der Waals surface area contributed by atoms with Crippen LogP contribution in [0.4, 0.5) is 13.2 Å². The molecule has 10 heteroatoms. The van der Waals surface area contributed by atoms with Crippen molar-refractivity contribution in [3.8, 4) is 22.8 Å². The maximum Gasteiger partial charge on any atom is 0.416 e. The van der Waals surface area contributed by atoms with Gasteiger partial charge in [-0.1, -0.05) is 22.8 Å². The number of halogens is 4. The average Bonchev–Trinajstić information content (AvgIpc) is 3.03. The van der Waals surface area contributed by atoms with E-state index >= 15 is 0 Å². The number of benzene rings is 1. The molecule has 2 heterocycles. The first kappa shape index (κ1) is 17.6. The Hall–Kier alpha value is -2.26. The minimum absolute atomic E-state index is 0.0185. The quantitative estimate of drug-likeness (QED) is 0.673. The Morgan fingerprint density at radius 3 is 2.68 bits per heavy atom. The van der Waals surface area contributed by atoms with E-state index < -0.39 is 22.5 Å². The Labute approximate surface area is 147 Å². The normalized spacial score (nSPS) is 13.0. The maximum atomic E-state index is 12.8. The summed E-state index contributed by atoms with van der Waals surface area (Å²) in [4.78, 5) is 8.24. The zero-order valence-electron chi connectivity index (χ0n) is 12.5. The van der Waals surface area contributed by atoms with E-state index in [2.05, 4.69) is 15.1 Å². The minimum Gasteiger partial charge on any atom is -0.334 e. The highest BCUT2D eigenvalue weighted by Gasteiger charge is 2.31. The lowest BCUT2D eigenvalue weighted by Crippen LogP contribution is -2.04. The van der Waals surface area contributed by atoms with Crippen LogP contribution in [0.25, 0.3) is 22.8 Å². The van der Waals surface area contributed by atoms with Gasteiger partial charge in [0.05, 0.1) is 31.8 Å². The van der Waals surface area contributed by atoms with Gasteiger partial charge in [-0.3, -0.25) is 9.19 Å². The van der Waals surface area contributed by atoms with Crippen LogP contribution in [0.15, 0.2) is 46.1 Å². The third kappa shape index (κ3) is 3.57. The molecular weight excluding hydrogens is 379 g/mol. The highest BCUT2D eigenvalue weighted by Crippen LogP contribution is 2.34. The van der Waals surface area contributed by atoms with E-state index in [1.54, 1.807) is 0 Å².